The largest absolute Gasteiger partial charge is 0.497 e. The Kier molecular flexibility index (Phi) is 6.84. The molecule has 0 spiro atoms. The quantitative estimate of drug-likeness (QED) is 0.576. The number of methoxy groups -OCH3 is 2. The number of ether oxygens (including phenoxy) is 2. The molecule has 1 aromatic rings. The van der Waals surface area contributed by atoms with Crippen LogP contribution in [-0.2, 0) is 0 Å². The zero-order chi connectivity index (χ0) is 14.1. The van der Waals surface area contributed by atoms with E-state index in [1.807, 2.05) is 18.2 Å². The number of benzene rings is 1. The molecule has 0 aliphatic carbocycles. The van der Waals surface area contributed by atoms with Crippen molar-refractivity contribution in [2.24, 2.45) is 0 Å². The van der Waals surface area contributed by atoms with Gasteiger partial charge in [0.15, 0.2) is 0 Å². The summed E-state index contributed by atoms with van der Waals surface area (Å²) in [6.07, 6.45) is 8.13. The van der Waals surface area contributed by atoms with Gasteiger partial charge in [-0.1, -0.05) is 6.92 Å². The first-order valence-corrected chi connectivity index (χ1v) is 6.65. The second-order valence-electron chi connectivity index (χ2n) is 4.35. The molecular weight excluding hydrogens is 238 g/mol. The van der Waals surface area contributed by atoms with Crippen LogP contribution in [0.15, 0.2) is 18.2 Å². The molecule has 1 rings (SSSR count). The van der Waals surface area contributed by atoms with Gasteiger partial charge in [-0.3, -0.25) is 0 Å². The van der Waals surface area contributed by atoms with Crippen LogP contribution in [0.2, 0.25) is 0 Å². The normalized spacial score (nSPS) is 11.7. The van der Waals surface area contributed by atoms with Gasteiger partial charge in [-0.25, -0.2) is 0 Å². The second-order valence-corrected chi connectivity index (χ2v) is 4.35. The number of nitrogens with one attached hydrogen (secondary N) is 1. The Morgan fingerprint density at radius 3 is 2.32 bits per heavy atom. The van der Waals surface area contributed by atoms with Gasteiger partial charge in [-0.2, -0.15) is 0 Å². The van der Waals surface area contributed by atoms with E-state index in [0.717, 1.165) is 37.3 Å². The topological polar surface area (TPSA) is 30.5 Å². The predicted octanol–water partition coefficient (Wildman–Crippen LogP) is 3.16. The van der Waals surface area contributed by atoms with Crippen molar-refractivity contribution < 1.29 is 9.47 Å². The summed E-state index contributed by atoms with van der Waals surface area (Å²) in [6.45, 7) is 3.02. The maximum Gasteiger partial charge on any atom is 0.122 e. The van der Waals surface area contributed by atoms with E-state index in [0.29, 0.717) is 0 Å². The SMILES string of the molecule is C#CCCCC(NCC)c1cc(OC)cc(OC)c1. The molecule has 104 valence electrons. The monoisotopic (exact) mass is 261 g/mol. The Balaban J connectivity index is 2.90. The van der Waals surface area contributed by atoms with Gasteiger partial charge in [0.1, 0.15) is 11.5 Å². The van der Waals surface area contributed by atoms with Crippen molar-refractivity contribution in [3.63, 3.8) is 0 Å². The first kappa shape index (κ1) is 15.4. The van der Waals surface area contributed by atoms with Gasteiger partial charge < -0.3 is 14.8 Å². The summed E-state index contributed by atoms with van der Waals surface area (Å²) >= 11 is 0. The van der Waals surface area contributed by atoms with Crippen molar-refractivity contribution in [1.29, 1.82) is 0 Å². The van der Waals surface area contributed by atoms with E-state index < -0.39 is 0 Å². The fraction of sp³-hybridized carbons (Fsp3) is 0.500. The fourth-order valence-corrected chi connectivity index (χ4v) is 2.07. The summed E-state index contributed by atoms with van der Waals surface area (Å²) in [5, 5.41) is 3.48. The highest BCUT2D eigenvalue weighted by molar-refractivity contribution is 5.39. The average Bonchev–Trinajstić information content (AvgIpc) is 2.46. The number of terminal acetylenes is 1. The Morgan fingerprint density at radius 2 is 1.84 bits per heavy atom. The molecule has 0 aliphatic rings. The van der Waals surface area contributed by atoms with Crippen molar-refractivity contribution >= 4 is 0 Å². The van der Waals surface area contributed by atoms with E-state index in [4.69, 9.17) is 15.9 Å². The average molecular weight is 261 g/mol. The number of rotatable bonds is 8. The van der Waals surface area contributed by atoms with Crippen LogP contribution < -0.4 is 14.8 Å². The molecule has 0 saturated heterocycles. The maximum atomic E-state index is 5.31. The Labute approximate surface area is 116 Å². The summed E-state index contributed by atoms with van der Waals surface area (Å²) in [5.41, 5.74) is 1.18. The second kappa shape index (κ2) is 8.44. The fourth-order valence-electron chi connectivity index (χ4n) is 2.07. The molecule has 19 heavy (non-hydrogen) atoms. The summed E-state index contributed by atoms with van der Waals surface area (Å²) in [7, 11) is 3.33. The highest BCUT2D eigenvalue weighted by atomic mass is 16.5. The number of hydrogen-bond donors (Lipinski definition) is 1. The molecule has 0 saturated carbocycles. The third-order valence-electron chi connectivity index (χ3n) is 3.04. The molecule has 3 heteroatoms. The molecule has 1 N–H and O–H groups in total. The molecule has 1 unspecified atom stereocenters. The zero-order valence-electron chi connectivity index (χ0n) is 12.0. The lowest BCUT2D eigenvalue weighted by molar-refractivity contribution is 0.390. The molecule has 0 aromatic heterocycles. The lowest BCUT2D eigenvalue weighted by atomic mass is 10.0. The van der Waals surface area contributed by atoms with Crippen LogP contribution in [0, 0.1) is 12.3 Å². The number of unbranched alkanes of at least 4 members (excludes halogenated alkanes) is 1. The third kappa shape index (κ3) is 4.84. The first-order chi connectivity index (χ1) is 9.24. The van der Waals surface area contributed by atoms with E-state index in [1.54, 1.807) is 14.2 Å². The lowest BCUT2D eigenvalue weighted by Crippen LogP contribution is -2.21. The van der Waals surface area contributed by atoms with Crippen molar-refractivity contribution in [1.82, 2.24) is 5.32 Å². The van der Waals surface area contributed by atoms with Crippen LogP contribution in [0.3, 0.4) is 0 Å². The summed E-state index contributed by atoms with van der Waals surface area (Å²) < 4.78 is 10.6. The summed E-state index contributed by atoms with van der Waals surface area (Å²) in [6, 6.07) is 6.26. The number of hydrogen-bond acceptors (Lipinski definition) is 3. The van der Waals surface area contributed by atoms with Crippen molar-refractivity contribution in [3.05, 3.63) is 23.8 Å². The van der Waals surface area contributed by atoms with E-state index >= 15 is 0 Å². The van der Waals surface area contributed by atoms with Gasteiger partial charge >= 0.3 is 0 Å². The molecular formula is C16H23NO2. The van der Waals surface area contributed by atoms with Gasteiger partial charge in [-0.05, 0) is 37.1 Å². The van der Waals surface area contributed by atoms with Crippen LogP contribution in [0.1, 0.15) is 37.8 Å². The van der Waals surface area contributed by atoms with Gasteiger partial charge in [0.2, 0.25) is 0 Å². The summed E-state index contributed by atoms with van der Waals surface area (Å²) in [5.74, 6) is 4.31. The first-order valence-electron chi connectivity index (χ1n) is 6.65. The van der Waals surface area contributed by atoms with Crippen LogP contribution in [0.5, 0.6) is 11.5 Å². The molecule has 0 amide bonds. The molecule has 0 aliphatic heterocycles. The van der Waals surface area contributed by atoms with Crippen molar-refractivity contribution in [2.45, 2.75) is 32.2 Å². The van der Waals surface area contributed by atoms with E-state index in [9.17, 15) is 0 Å². The van der Waals surface area contributed by atoms with Crippen LogP contribution in [-0.4, -0.2) is 20.8 Å². The van der Waals surface area contributed by atoms with Crippen LogP contribution in [0.25, 0.3) is 0 Å². The highest BCUT2D eigenvalue weighted by Crippen LogP contribution is 2.28. The molecule has 0 radical (unpaired) electrons. The van der Waals surface area contributed by atoms with Gasteiger partial charge in [-0.15, -0.1) is 12.3 Å². The third-order valence-corrected chi connectivity index (χ3v) is 3.04. The molecule has 0 heterocycles. The van der Waals surface area contributed by atoms with Crippen LogP contribution in [0.4, 0.5) is 0 Å². The minimum atomic E-state index is 0.280. The van der Waals surface area contributed by atoms with Gasteiger partial charge in [0, 0.05) is 18.5 Å². The smallest absolute Gasteiger partial charge is 0.122 e. The minimum Gasteiger partial charge on any atom is -0.497 e. The Hall–Kier alpha value is -1.66. The van der Waals surface area contributed by atoms with E-state index in [-0.39, 0.29) is 6.04 Å². The highest BCUT2D eigenvalue weighted by Gasteiger charge is 2.12. The Bertz CT molecular complexity index is 401. The molecule has 1 atom stereocenters. The standard InChI is InChI=1S/C16H23NO2/c1-5-7-8-9-16(17-6-2)13-10-14(18-3)12-15(11-13)19-4/h1,10-12,16-17H,6-9H2,2-4H3. The zero-order valence-corrected chi connectivity index (χ0v) is 12.0. The maximum absolute atomic E-state index is 5.31. The molecule has 3 nitrogen and oxygen atoms in total. The summed E-state index contributed by atoms with van der Waals surface area (Å²) in [4.78, 5) is 0. The van der Waals surface area contributed by atoms with Gasteiger partial charge in [0.25, 0.3) is 0 Å². The minimum absolute atomic E-state index is 0.280. The molecule has 0 bridgehead atoms. The van der Waals surface area contributed by atoms with Gasteiger partial charge in [0.05, 0.1) is 14.2 Å². The van der Waals surface area contributed by atoms with Crippen LogP contribution >= 0.6 is 0 Å². The molecule has 0 fully saturated rings. The van der Waals surface area contributed by atoms with E-state index in [2.05, 4.69) is 18.2 Å². The molecule has 1 aromatic carbocycles. The van der Waals surface area contributed by atoms with Crippen molar-refractivity contribution in [2.75, 3.05) is 20.8 Å². The van der Waals surface area contributed by atoms with Crippen molar-refractivity contribution in [3.8, 4) is 23.8 Å². The predicted molar refractivity (Wildman–Crippen MR) is 78.6 cm³/mol. The Morgan fingerprint density at radius 1 is 1.21 bits per heavy atom. The lowest BCUT2D eigenvalue weighted by Gasteiger charge is -2.19. The van der Waals surface area contributed by atoms with E-state index in [1.165, 1.54) is 5.56 Å².